The van der Waals surface area contributed by atoms with Gasteiger partial charge in [0, 0.05) is 10.6 Å². The zero-order valence-electron chi connectivity index (χ0n) is 13.9. The van der Waals surface area contributed by atoms with E-state index in [1.165, 1.54) is 0 Å². The Hall–Kier alpha value is -3.52. The summed E-state index contributed by atoms with van der Waals surface area (Å²) in [5.74, 6) is 0.797. The first-order chi connectivity index (χ1) is 13.2. The van der Waals surface area contributed by atoms with Gasteiger partial charge >= 0.3 is 0 Å². The largest absolute Gasteiger partial charge is 0.345 e. The van der Waals surface area contributed by atoms with E-state index in [9.17, 15) is 0 Å². The van der Waals surface area contributed by atoms with Crippen molar-refractivity contribution in [1.29, 1.82) is 0 Å². The van der Waals surface area contributed by atoms with E-state index in [4.69, 9.17) is 16.1 Å². The minimum Gasteiger partial charge on any atom is -0.345 e. The summed E-state index contributed by atoms with van der Waals surface area (Å²) in [6.45, 7) is 0.571. The second kappa shape index (κ2) is 6.33. The smallest absolute Gasteiger partial charge is 0.280 e. The van der Waals surface area contributed by atoms with Crippen molar-refractivity contribution in [1.82, 2.24) is 35.1 Å². The molecule has 0 aliphatic carbocycles. The van der Waals surface area contributed by atoms with E-state index in [0.29, 0.717) is 29.0 Å². The van der Waals surface area contributed by atoms with Gasteiger partial charge in [0.1, 0.15) is 0 Å². The topological polar surface area (TPSA) is 98.3 Å². The number of rotatable bonds is 4. The van der Waals surface area contributed by atoms with Gasteiger partial charge in [-0.05, 0) is 35.9 Å². The molecule has 8 nitrogen and oxygen atoms in total. The molecule has 0 bridgehead atoms. The molecule has 0 spiro atoms. The minimum absolute atomic E-state index is 0.317. The third-order valence-electron chi connectivity index (χ3n) is 4.12. The lowest BCUT2D eigenvalue weighted by Crippen LogP contribution is -1.99. The van der Waals surface area contributed by atoms with E-state index in [2.05, 4.69) is 30.4 Å². The Labute approximate surface area is 157 Å². The van der Waals surface area contributed by atoms with Crippen LogP contribution in [0.5, 0.6) is 0 Å². The maximum absolute atomic E-state index is 5.91. The molecule has 2 aromatic carbocycles. The number of aromatic amines is 1. The van der Waals surface area contributed by atoms with Crippen LogP contribution in [0.25, 0.3) is 34.0 Å². The van der Waals surface area contributed by atoms with Gasteiger partial charge in [-0.3, -0.25) is 0 Å². The van der Waals surface area contributed by atoms with Gasteiger partial charge in [0.05, 0.1) is 30.1 Å². The summed E-state index contributed by atoms with van der Waals surface area (Å²) in [4.78, 5) is 11.7. The Morgan fingerprint density at radius 2 is 2.00 bits per heavy atom. The highest BCUT2D eigenvalue weighted by Crippen LogP contribution is 2.23. The Morgan fingerprint density at radius 1 is 1.11 bits per heavy atom. The first kappa shape index (κ1) is 15.7. The van der Waals surface area contributed by atoms with Crippen LogP contribution in [-0.2, 0) is 6.54 Å². The Bertz CT molecular complexity index is 1220. The molecule has 0 aliphatic rings. The van der Waals surface area contributed by atoms with Gasteiger partial charge in [-0.25, -0.2) is 9.67 Å². The van der Waals surface area contributed by atoms with E-state index in [1.807, 2.05) is 42.5 Å². The highest BCUT2D eigenvalue weighted by molar-refractivity contribution is 6.30. The number of H-pyrrole nitrogens is 1. The van der Waals surface area contributed by atoms with E-state index in [1.54, 1.807) is 17.2 Å². The first-order valence-electron chi connectivity index (χ1n) is 8.17. The molecular formula is C18H12ClN7O. The van der Waals surface area contributed by atoms with Crippen molar-refractivity contribution in [2.24, 2.45) is 0 Å². The summed E-state index contributed by atoms with van der Waals surface area (Å²) in [5.41, 5.74) is 4.20. The van der Waals surface area contributed by atoms with Crippen molar-refractivity contribution in [2.75, 3.05) is 0 Å². The van der Waals surface area contributed by atoms with Crippen LogP contribution in [0.2, 0.25) is 5.02 Å². The quantitative estimate of drug-likeness (QED) is 0.514. The van der Waals surface area contributed by atoms with Gasteiger partial charge in [0.2, 0.25) is 5.82 Å². The number of halogens is 1. The van der Waals surface area contributed by atoms with Gasteiger partial charge < -0.3 is 9.51 Å². The summed E-state index contributed by atoms with van der Waals surface area (Å²) < 4.78 is 7.07. The number of nitrogens with zero attached hydrogens (tertiary/aromatic N) is 6. The molecule has 0 saturated heterocycles. The molecule has 0 aliphatic heterocycles. The summed E-state index contributed by atoms with van der Waals surface area (Å²) >= 11 is 5.91. The molecule has 5 aromatic rings. The minimum atomic E-state index is 0.317. The Balaban J connectivity index is 1.39. The van der Waals surface area contributed by atoms with Crippen molar-refractivity contribution in [3.05, 3.63) is 65.6 Å². The molecule has 0 atom stereocenters. The SMILES string of the molecule is Clc1ccc(Cn2cc(-c3nc(-c4ccc5nc[nH]c5c4)no3)nn2)cc1. The molecular weight excluding hydrogens is 366 g/mol. The average molecular weight is 378 g/mol. The summed E-state index contributed by atoms with van der Waals surface area (Å²) in [7, 11) is 0. The zero-order valence-corrected chi connectivity index (χ0v) is 14.6. The van der Waals surface area contributed by atoms with Gasteiger partial charge in [-0.15, -0.1) is 5.10 Å². The first-order valence-corrected chi connectivity index (χ1v) is 8.54. The van der Waals surface area contributed by atoms with Gasteiger partial charge in [-0.2, -0.15) is 4.98 Å². The maximum Gasteiger partial charge on any atom is 0.280 e. The van der Waals surface area contributed by atoms with Crippen molar-refractivity contribution in [3.63, 3.8) is 0 Å². The molecule has 0 amide bonds. The fraction of sp³-hybridized carbons (Fsp3) is 0.0556. The second-order valence-electron chi connectivity index (χ2n) is 5.99. The van der Waals surface area contributed by atoms with Gasteiger partial charge in [-0.1, -0.05) is 34.1 Å². The zero-order chi connectivity index (χ0) is 18.2. The highest BCUT2D eigenvalue weighted by Gasteiger charge is 2.14. The number of fused-ring (bicyclic) bond motifs is 1. The predicted molar refractivity (Wildman–Crippen MR) is 99.0 cm³/mol. The van der Waals surface area contributed by atoms with Crippen LogP contribution in [-0.4, -0.2) is 35.1 Å². The van der Waals surface area contributed by atoms with Crippen LogP contribution in [0.4, 0.5) is 0 Å². The van der Waals surface area contributed by atoms with Crippen LogP contribution >= 0.6 is 11.6 Å². The van der Waals surface area contributed by atoms with E-state index in [-0.39, 0.29) is 0 Å². The molecule has 3 heterocycles. The second-order valence-corrected chi connectivity index (χ2v) is 6.42. The van der Waals surface area contributed by atoms with Crippen molar-refractivity contribution < 1.29 is 4.52 Å². The lowest BCUT2D eigenvalue weighted by atomic mass is 10.2. The number of hydrogen-bond donors (Lipinski definition) is 1. The summed E-state index contributed by atoms with van der Waals surface area (Å²) in [6.07, 6.45) is 3.42. The molecule has 27 heavy (non-hydrogen) atoms. The number of aromatic nitrogens is 7. The molecule has 132 valence electrons. The summed E-state index contributed by atoms with van der Waals surface area (Å²) in [6, 6.07) is 13.3. The molecule has 0 unspecified atom stereocenters. The molecule has 1 N–H and O–H groups in total. The number of hydrogen-bond acceptors (Lipinski definition) is 6. The van der Waals surface area contributed by atoms with Crippen molar-refractivity contribution in [3.8, 4) is 23.0 Å². The van der Waals surface area contributed by atoms with Crippen LogP contribution < -0.4 is 0 Å². The fourth-order valence-electron chi connectivity index (χ4n) is 2.77. The van der Waals surface area contributed by atoms with Gasteiger partial charge in [0.15, 0.2) is 5.69 Å². The van der Waals surface area contributed by atoms with Crippen molar-refractivity contribution in [2.45, 2.75) is 6.54 Å². The molecule has 0 radical (unpaired) electrons. The maximum atomic E-state index is 5.91. The third kappa shape index (κ3) is 3.06. The van der Waals surface area contributed by atoms with Crippen LogP contribution in [0, 0.1) is 0 Å². The Kier molecular flexibility index (Phi) is 3.68. The lowest BCUT2D eigenvalue weighted by Gasteiger charge is -2.00. The van der Waals surface area contributed by atoms with E-state index < -0.39 is 0 Å². The van der Waals surface area contributed by atoms with Crippen LogP contribution in [0.3, 0.4) is 0 Å². The molecule has 5 rings (SSSR count). The lowest BCUT2D eigenvalue weighted by molar-refractivity contribution is 0.431. The molecule has 3 aromatic heterocycles. The van der Waals surface area contributed by atoms with E-state index >= 15 is 0 Å². The third-order valence-corrected chi connectivity index (χ3v) is 4.37. The highest BCUT2D eigenvalue weighted by atomic mass is 35.5. The van der Waals surface area contributed by atoms with Crippen molar-refractivity contribution >= 4 is 22.6 Å². The Morgan fingerprint density at radius 3 is 2.89 bits per heavy atom. The molecule has 0 fully saturated rings. The fourth-order valence-corrected chi connectivity index (χ4v) is 2.90. The number of benzene rings is 2. The van der Waals surface area contributed by atoms with E-state index in [0.717, 1.165) is 22.2 Å². The van der Waals surface area contributed by atoms with Crippen LogP contribution in [0.15, 0.2) is 59.5 Å². The average Bonchev–Trinajstić information content (AvgIpc) is 3.43. The normalized spacial score (nSPS) is 11.3. The van der Waals surface area contributed by atoms with Gasteiger partial charge in [0.25, 0.3) is 5.89 Å². The number of nitrogens with one attached hydrogen (secondary N) is 1. The standard InChI is InChI=1S/C18H12ClN7O/c19-13-4-1-11(2-5-13)8-26-9-16(23-25-26)18-22-17(24-27-18)12-3-6-14-15(7-12)21-10-20-14/h1-7,9-10H,8H2,(H,20,21). The number of imidazole rings is 1. The van der Waals surface area contributed by atoms with Crippen LogP contribution in [0.1, 0.15) is 5.56 Å². The monoisotopic (exact) mass is 377 g/mol. The predicted octanol–water partition coefficient (Wildman–Crippen LogP) is 3.57. The molecule has 9 heteroatoms. The summed E-state index contributed by atoms with van der Waals surface area (Å²) in [5, 5.41) is 13.0. The molecule has 0 saturated carbocycles.